The van der Waals surface area contributed by atoms with Gasteiger partial charge in [-0.25, -0.2) is 17.8 Å². The third kappa shape index (κ3) is 4.22. The van der Waals surface area contributed by atoms with Crippen LogP contribution in [0.5, 0.6) is 0 Å². The molecule has 1 aromatic heterocycles. The van der Waals surface area contributed by atoms with Crippen LogP contribution < -0.4 is 5.32 Å². The van der Waals surface area contributed by atoms with Crippen molar-refractivity contribution in [2.45, 2.75) is 38.3 Å². The Bertz CT molecular complexity index is 1220. The van der Waals surface area contributed by atoms with Gasteiger partial charge < -0.3 is 9.88 Å². The summed E-state index contributed by atoms with van der Waals surface area (Å²) in [6.45, 7) is 5.31. The number of sulfonamides is 1. The Kier molecular flexibility index (Phi) is 5.96. The van der Waals surface area contributed by atoms with Crippen LogP contribution in [0, 0.1) is 12.7 Å². The highest BCUT2D eigenvalue weighted by atomic mass is 32.2. The van der Waals surface area contributed by atoms with E-state index in [-0.39, 0.29) is 29.0 Å². The normalized spacial score (nSPS) is 12.1. The molecule has 0 aliphatic rings. The van der Waals surface area contributed by atoms with Gasteiger partial charge >= 0.3 is 0 Å². The predicted octanol–water partition coefficient (Wildman–Crippen LogP) is 2.98. The second-order valence-corrected chi connectivity index (χ2v) is 9.64. The maximum absolute atomic E-state index is 13.5. The van der Waals surface area contributed by atoms with Crippen LogP contribution in [-0.2, 0) is 23.6 Å². The summed E-state index contributed by atoms with van der Waals surface area (Å²) in [6, 6.07) is 8.93. The molecule has 160 valence electrons. The molecule has 1 amide bonds. The van der Waals surface area contributed by atoms with Crippen LogP contribution in [0.15, 0.2) is 41.3 Å². The molecular formula is C21H25FN4O3S. The number of rotatable bonds is 6. The number of nitrogens with one attached hydrogen (secondary N) is 1. The number of halogens is 1. The van der Waals surface area contributed by atoms with Crippen molar-refractivity contribution in [2.75, 3.05) is 7.05 Å². The Morgan fingerprint density at radius 3 is 2.57 bits per heavy atom. The molecule has 0 aliphatic heterocycles. The number of fused-ring (bicyclic) bond motifs is 1. The summed E-state index contributed by atoms with van der Waals surface area (Å²) in [6.07, 6.45) is 0. The maximum atomic E-state index is 13.5. The van der Waals surface area contributed by atoms with Crippen LogP contribution in [0.1, 0.15) is 35.6 Å². The molecule has 30 heavy (non-hydrogen) atoms. The van der Waals surface area contributed by atoms with Gasteiger partial charge in [-0.05, 0) is 62.7 Å². The van der Waals surface area contributed by atoms with Crippen molar-refractivity contribution in [1.29, 1.82) is 0 Å². The molecule has 0 aliphatic carbocycles. The lowest BCUT2D eigenvalue weighted by atomic mass is 10.2. The number of carbonyl (C=O) groups excluding carboxylic acids is 1. The van der Waals surface area contributed by atoms with Gasteiger partial charge in [0.2, 0.25) is 10.0 Å². The van der Waals surface area contributed by atoms with Gasteiger partial charge in [0.1, 0.15) is 11.6 Å². The number of aryl methyl sites for hydroxylation is 2. The van der Waals surface area contributed by atoms with Crippen molar-refractivity contribution in [1.82, 2.24) is 19.2 Å². The van der Waals surface area contributed by atoms with E-state index in [0.29, 0.717) is 16.9 Å². The van der Waals surface area contributed by atoms with Crippen LogP contribution >= 0.6 is 0 Å². The van der Waals surface area contributed by atoms with Crippen molar-refractivity contribution < 1.29 is 17.6 Å². The number of hydrogen-bond acceptors (Lipinski definition) is 4. The molecule has 0 saturated heterocycles. The van der Waals surface area contributed by atoms with Crippen molar-refractivity contribution in [3.8, 4) is 0 Å². The molecule has 7 nitrogen and oxygen atoms in total. The van der Waals surface area contributed by atoms with Crippen molar-refractivity contribution in [3.63, 3.8) is 0 Å². The van der Waals surface area contributed by atoms with Gasteiger partial charge in [-0.1, -0.05) is 0 Å². The Morgan fingerprint density at radius 2 is 1.93 bits per heavy atom. The first-order chi connectivity index (χ1) is 14.0. The summed E-state index contributed by atoms with van der Waals surface area (Å²) < 4.78 is 42.3. The quantitative estimate of drug-likeness (QED) is 0.649. The molecule has 0 bridgehead atoms. The van der Waals surface area contributed by atoms with Gasteiger partial charge in [-0.3, -0.25) is 4.79 Å². The number of benzene rings is 2. The minimum absolute atomic E-state index is 0.0152. The summed E-state index contributed by atoms with van der Waals surface area (Å²) in [5, 5.41) is 2.84. The van der Waals surface area contributed by atoms with E-state index in [1.54, 1.807) is 29.8 Å². The molecule has 0 unspecified atom stereocenters. The predicted molar refractivity (Wildman–Crippen MR) is 113 cm³/mol. The summed E-state index contributed by atoms with van der Waals surface area (Å²) in [7, 11) is -0.571. The second-order valence-electron chi connectivity index (χ2n) is 7.59. The average molecular weight is 433 g/mol. The molecule has 3 rings (SSSR count). The molecule has 1 heterocycles. The van der Waals surface area contributed by atoms with Crippen molar-refractivity contribution >= 4 is 27.0 Å². The maximum Gasteiger partial charge on any atom is 0.251 e. The minimum Gasteiger partial charge on any atom is -0.350 e. The van der Waals surface area contributed by atoms with Crippen LogP contribution in [0.2, 0.25) is 0 Å². The smallest absolute Gasteiger partial charge is 0.251 e. The summed E-state index contributed by atoms with van der Waals surface area (Å²) >= 11 is 0. The van der Waals surface area contributed by atoms with E-state index in [1.165, 1.54) is 30.4 Å². The van der Waals surface area contributed by atoms with E-state index in [4.69, 9.17) is 0 Å². The van der Waals surface area contributed by atoms with Crippen LogP contribution in [0.25, 0.3) is 11.0 Å². The lowest BCUT2D eigenvalue weighted by Crippen LogP contribution is -2.29. The van der Waals surface area contributed by atoms with Crippen molar-refractivity contribution in [2.24, 2.45) is 7.05 Å². The monoisotopic (exact) mass is 432 g/mol. The summed E-state index contributed by atoms with van der Waals surface area (Å²) in [5.74, 6) is -0.119. The van der Waals surface area contributed by atoms with E-state index in [0.717, 1.165) is 11.6 Å². The van der Waals surface area contributed by atoms with E-state index in [1.807, 2.05) is 13.8 Å². The molecule has 2 aromatic carbocycles. The zero-order valence-corrected chi connectivity index (χ0v) is 18.4. The first-order valence-corrected chi connectivity index (χ1v) is 10.9. The fraction of sp³-hybridized carbons (Fsp3) is 0.333. The van der Waals surface area contributed by atoms with Crippen molar-refractivity contribution in [3.05, 3.63) is 59.2 Å². The fourth-order valence-electron chi connectivity index (χ4n) is 3.12. The molecule has 0 spiro atoms. The first kappa shape index (κ1) is 21.9. The molecule has 0 radical (unpaired) electrons. The van der Waals surface area contributed by atoms with Gasteiger partial charge in [-0.15, -0.1) is 0 Å². The summed E-state index contributed by atoms with van der Waals surface area (Å²) in [4.78, 5) is 16.8. The Labute approximate surface area is 175 Å². The van der Waals surface area contributed by atoms with Gasteiger partial charge in [0.25, 0.3) is 5.91 Å². The molecule has 0 fully saturated rings. The van der Waals surface area contributed by atoms with Crippen LogP contribution in [0.3, 0.4) is 0 Å². The van der Waals surface area contributed by atoms with Gasteiger partial charge in [0, 0.05) is 25.7 Å². The first-order valence-electron chi connectivity index (χ1n) is 9.49. The number of amides is 1. The number of aromatic nitrogens is 2. The Hall–Kier alpha value is -2.78. The Balaban J connectivity index is 1.90. The second kappa shape index (κ2) is 8.16. The number of hydrogen-bond donors (Lipinski definition) is 1. The number of carbonyl (C=O) groups is 1. The highest BCUT2D eigenvalue weighted by Gasteiger charge is 2.24. The lowest BCUT2D eigenvalue weighted by Gasteiger charge is -2.17. The molecular weight excluding hydrogens is 407 g/mol. The van der Waals surface area contributed by atoms with Crippen LogP contribution in [-0.4, -0.2) is 41.3 Å². The third-order valence-electron chi connectivity index (χ3n) is 4.86. The van der Waals surface area contributed by atoms with Crippen LogP contribution in [0.4, 0.5) is 4.39 Å². The molecule has 9 heteroatoms. The topological polar surface area (TPSA) is 84.3 Å². The molecule has 0 saturated carbocycles. The summed E-state index contributed by atoms with van der Waals surface area (Å²) in [5.41, 5.74) is 2.14. The molecule has 3 aromatic rings. The van der Waals surface area contributed by atoms with E-state index >= 15 is 0 Å². The van der Waals surface area contributed by atoms with Gasteiger partial charge in [0.05, 0.1) is 22.5 Å². The largest absolute Gasteiger partial charge is 0.350 e. The highest BCUT2D eigenvalue weighted by Crippen LogP contribution is 2.22. The highest BCUT2D eigenvalue weighted by molar-refractivity contribution is 7.89. The lowest BCUT2D eigenvalue weighted by molar-refractivity contribution is 0.0943. The average Bonchev–Trinajstić information content (AvgIpc) is 2.98. The number of imidazole rings is 1. The zero-order chi connectivity index (χ0) is 22.2. The van der Waals surface area contributed by atoms with E-state index in [2.05, 4.69) is 10.3 Å². The molecule has 0 atom stereocenters. The zero-order valence-electron chi connectivity index (χ0n) is 17.6. The molecule has 1 N–H and O–H groups in total. The van der Waals surface area contributed by atoms with Gasteiger partial charge in [0.15, 0.2) is 0 Å². The number of nitrogens with zero attached hydrogens (tertiary/aromatic N) is 3. The van der Waals surface area contributed by atoms with E-state index in [9.17, 15) is 17.6 Å². The standard InChI is InChI=1S/C21H25FN4O3S/c1-13(2)23-21(27)15-6-9-19-18(11-15)24-20(26(19)5)12-25(4)30(28,29)16-7-8-17(22)14(3)10-16/h6-11,13H,12H2,1-5H3,(H,23,27). The van der Waals surface area contributed by atoms with Gasteiger partial charge in [-0.2, -0.15) is 4.31 Å². The van der Waals surface area contributed by atoms with E-state index < -0.39 is 15.8 Å². The third-order valence-corrected chi connectivity index (χ3v) is 6.66. The fourth-order valence-corrected chi connectivity index (χ4v) is 4.33. The SMILES string of the molecule is Cc1cc(S(=O)(=O)N(C)Cc2nc3cc(C(=O)NC(C)C)ccc3n2C)ccc1F. The Morgan fingerprint density at radius 1 is 1.23 bits per heavy atom. The minimum atomic E-state index is -3.82.